The van der Waals surface area contributed by atoms with Gasteiger partial charge < -0.3 is 15.4 Å². The van der Waals surface area contributed by atoms with E-state index < -0.39 is 18.5 Å². The molecule has 1 heterocycles. The minimum atomic E-state index is -0.678. The number of carbonyl (C=O) groups is 3. The molecule has 0 aliphatic rings. The van der Waals surface area contributed by atoms with Crippen molar-refractivity contribution in [3.05, 3.63) is 56.7 Å². The monoisotopic (exact) mass is 380 g/mol. The first-order valence-electron chi connectivity index (χ1n) is 7.45. The summed E-state index contributed by atoms with van der Waals surface area (Å²) < 4.78 is 4.82. The van der Waals surface area contributed by atoms with E-state index in [-0.39, 0.29) is 12.5 Å². The van der Waals surface area contributed by atoms with Crippen LogP contribution in [0.4, 0.5) is 0 Å². The molecule has 0 aliphatic heterocycles. The number of benzene rings is 1. The lowest BCUT2D eigenvalue weighted by Crippen LogP contribution is -2.33. The smallest absolute Gasteiger partial charge is 0.325 e. The van der Waals surface area contributed by atoms with Crippen LogP contribution in [0, 0.1) is 6.92 Å². The Morgan fingerprint density at radius 3 is 2.44 bits per heavy atom. The Balaban J connectivity index is 1.64. The van der Waals surface area contributed by atoms with Crippen molar-refractivity contribution in [2.75, 3.05) is 13.2 Å². The molecule has 0 aliphatic carbocycles. The average Bonchev–Trinajstić information content (AvgIpc) is 3.04. The van der Waals surface area contributed by atoms with Crippen LogP contribution in [0.2, 0.25) is 5.02 Å². The molecule has 0 saturated heterocycles. The molecule has 0 saturated carbocycles. The number of nitrogens with one attached hydrogen (secondary N) is 2. The first-order chi connectivity index (χ1) is 11.9. The van der Waals surface area contributed by atoms with Crippen LogP contribution >= 0.6 is 22.9 Å². The van der Waals surface area contributed by atoms with Gasteiger partial charge in [0.1, 0.15) is 6.54 Å². The number of carbonyl (C=O) groups excluding carboxylic acids is 3. The van der Waals surface area contributed by atoms with Crippen LogP contribution < -0.4 is 10.6 Å². The van der Waals surface area contributed by atoms with Crippen molar-refractivity contribution in [2.24, 2.45) is 0 Å². The number of esters is 1. The molecule has 0 bridgehead atoms. The highest BCUT2D eigenvalue weighted by molar-refractivity contribution is 7.13. The third-order valence-corrected chi connectivity index (χ3v) is 4.38. The van der Waals surface area contributed by atoms with Gasteiger partial charge in [-0.2, -0.15) is 0 Å². The summed E-state index contributed by atoms with van der Waals surface area (Å²) in [6.45, 7) is 1.50. The van der Waals surface area contributed by atoms with Crippen LogP contribution in [0.25, 0.3) is 0 Å². The van der Waals surface area contributed by atoms with E-state index in [1.54, 1.807) is 30.3 Å². The topological polar surface area (TPSA) is 84.5 Å². The molecule has 6 nitrogen and oxygen atoms in total. The van der Waals surface area contributed by atoms with Gasteiger partial charge in [0.05, 0.1) is 4.88 Å². The number of hydrogen-bond acceptors (Lipinski definition) is 5. The summed E-state index contributed by atoms with van der Waals surface area (Å²) in [6.07, 6.45) is 0. The summed E-state index contributed by atoms with van der Waals surface area (Å²) in [5, 5.41) is 5.69. The largest absolute Gasteiger partial charge is 0.454 e. The molecule has 1 aromatic heterocycles. The Morgan fingerprint density at radius 1 is 1.08 bits per heavy atom. The van der Waals surface area contributed by atoms with Gasteiger partial charge in [-0.3, -0.25) is 14.4 Å². The third kappa shape index (κ3) is 6.56. The van der Waals surface area contributed by atoms with Gasteiger partial charge in [0, 0.05) is 16.4 Å². The maximum Gasteiger partial charge on any atom is 0.325 e. The molecule has 132 valence electrons. The highest BCUT2D eigenvalue weighted by Gasteiger charge is 2.12. The molecule has 2 aromatic rings. The molecular weight excluding hydrogens is 364 g/mol. The van der Waals surface area contributed by atoms with E-state index in [9.17, 15) is 14.4 Å². The molecule has 0 fully saturated rings. The third-order valence-electron chi connectivity index (χ3n) is 3.12. The predicted molar refractivity (Wildman–Crippen MR) is 95.6 cm³/mol. The lowest BCUT2D eigenvalue weighted by Gasteiger charge is -2.07. The van der Waals surface area contributed by atoms with Gasteiger partial charge in [-0.25, -0.2) is 0 Å². The lowest BCUT2D eigenvalue weighted by molar-refractivity contribution is -0.147. The normalized spacial score (nSPS) is 10.2. The van der Waals surface area contributed by atoms with Crippen molar-refractivity contribution >= 4 is 40.7 Å². The molecule has 0 spiro atoms. The summed E-state index contributed by atoms with van der Waals surface area (Å²) in [5.41, 5.74) is 0.877. The summed E-state index contributed by atoms with van der Waals surface area (Å²) in [4.78, 5) is 36.5. The molecular formula is C17H17ClN2O4S. The number of aryl methyl sites for hydroxylation is 1. The zero-order valence-corrected chi connectivity index (χ0v) is 15.1. The SMILES string of the molecule is Cc1ccc(C(=O)NCC(=O)OCC(=O)NCc2ccc(Cl)cc2)s1. The number of hydrogen-bond donors (Lipinski definition) is 2. The van der Waals surface area contributed by atoms with Crippen molar-refractivity contribution in [3.63, 3.8) is 0 Å². The Morgan fingerprint density at radius 2 is 1.80 bits per heavy atom. The summed E-state index contributed by atoms with van der Waals surface area (Å²) >= 11 is 7.11. The number of amides is 2. The second-order valence-corrected chi connectivity index (χ2v) is 6.88. The maximum absolute atomic E-state index is 11.8. The van der Waals surface area contributed by atoms with E-state index >= 15 is 0 Å². The molecule has 0 atom stereocenters. The molecule has 25 heavy (non-hydrogen) atoms. The zero-order chi connectivity index (χ0) is 18.2. The van der Waals surface area contributed by atoms with Gasteiger partial charge in [-0.05, 0) is 36.8 Å². The lowest BCUT2D eigenvalue weighted by atomic mass is 10.2. The number of thiophene rings is 1. The fourth-order valence-electron chi connectivity index (χ4n) is 1.85. The molecule has 0 radical (unpaired) electrons. The van der Waals surface area contributed by atoms with E-state index in [0.717, 1.165) is 10.4 Å². The molecule has 1 aromatic carbocycles. The Hall–Kier alpha value is -2.38. The fraction of sp³-hybridized carbons (Fsp3) is 0.235. The van der Waals surface area contributed by atoms with E-state index in [4.69, 9.17) is 16.3 Å². The van der Waals surface area contributed by atoms with Gasteiger partial charge in [-0.15, -0.1) is 11.3 Å². The minimum Gasteiger partial charge on any atom is -0.454 e. The molecule has 2 N–H and O–H groups in total. The number of ether oxygens (including phenoxy) is 1. The predicted octanol–water partition coefficient (Wildman–Crippen LogP) is 2.30. The maximum atomic E-state index is 11.8. The van der Waals surface area contributed by atoms with Gasteiger partial charge in [0.25, 0.3) is 11.8 Å². The first-order valence-corrected chi connectivity index (χ1v) is 8.65. The van der Waals surface area contributed by atoms with Crippen molar-refractivity contribution in [2.45, 2.75) is 13.5 Å². The second-order valence-electron chi connectivity index (χ2n) is 5.16. The molecule has 2 amide bonds. The Kier molecular flexibility index (Phi) is 6.97. The van der Waals surface area contributed by atoms with Crippen molar-refractivity contribution in [1.82, 2.24) is 10.6 Å². The quantitative estimate of drug-likeness (QED) is 0.722. The summed E-state index contributed by atoms with van der Waals surface area (Å²) in [7, 11) is 0. The van der Waals surface area contributed by atoms with Gasteiger partial charge in [0.2, 0.25) is 0 Å². The fourth-order valence-corrected chi connectivity index (χ4v) is 2.76. The standard InChI is InChI=1S/C17H17ClN2O4S/c1-11-2-7-14(25-11)17(23)20-9-16(22)24-10-15(21)19-8-12-3-5-13(18)6-4-12/h2-7H,8-10H2,1H3,(H,19,21)(H,20,23). The van der Waals surface area contributed by atoms with Crippen LogP contribution in [0.3, 0.4) is 0 Å². The average molecular weight is 381 g/mol. The number of rotatable bonds is 7. The number of halogens is 1. The van der Waals surface area contributed by atoms with Crippen molar-refractivity contribution in [3.8, 4) is 0 Å². The highest BCUT2D eigenvalue weighted by Crippen LogP contribution is 2.14. The van der Waals surface area contributed by atoms with E-state index in [1.165, 1.54) is 11.3 Å². The summed E-state index contributed by atoms with van der Waals surface area (Å²) in [5.74, 6) is -1.45. The van der Waals surface area contributed by atoms with Crippen molar-refractivity contribution in [1.29, 1.82) is 0 Å². The molecule has 2 rings (SSSR count). The van der Waals surface area contributed by atoms with Crippen LogP contribution in [-0.4, -0.2) is 30.9 Å². The molecule has 8 heteroatoms. The van der Waals surface area contributed by atoms with Gasteiger partial charge in [0.15, 0.2) is 6.61 Å². The zero-order valence-electron chi connectivity index (χ0n) is 13.5. The van der Waals surface area contributed by atoms with E-state index in [1.807, 2.05) is 13.0 Å². The van der Waals surface area contributed by atoms with Crippen LogP contribution in [0.1, 0.15) is 20.1 Å². The summed E-state index contributed by atoms with van der Waals surface area (Å²) in [6, 6.07) is 10.5. The molecule has 0 unspecified atom stereocenters. The van der Waals surface area contributed by atoms with E-state index in [2.05, 4.69) is 10.6 Å². The van der Waals surface area contributed by atoms with Gasteiger partial charge >= 0.3 is 5.97 Å². The Bertz CT molecular complexity index is 758. The van der Waals surface area contributed by atoms with Crippen LogP contribution in [-0.2, 0) is 20.9 Å². The van der Waals surface area contributed by atoms with E-state index in [0.29, 0.717) is 16.4 Å². The van der Waals surface area contributed by atoms with Crippen LogP contribution in [0.15, 0.2) is 36.4 Å². The first kappa shape index (κ1) is 19.0. The highest BCUT2D eigenvalue weighted by atomic mass is 35.5. The van der Waals surface area contributed by atoms with Crippen molar-refractivity contribution < 1.29 is 19.1 Å². The second kappa shape index (κ2) is 9.19. The van der Waals surface area contributed by atoms with Gasteiger partial charge in [-0.1, -0.05) is 23.7 Å². The van der Waals surface area contributed by atoms with Crippen LogP contribution in [0.5, 0.6) is 0 Å². The minimum absolute atomic E-state index is 0.291. The Labute approximate surface area is 154 Å².